The molecule has 1 N–H and O–H groups in total. The molecule has 1 atom stereocenters. The van der Waals surface area contributed by atoms with E-state index in [4.69, 9.17) is 9.26 Å². The highest BCUT2D eigenvalue weighted by Gasteiger charge is 2.22. The van der Waals surface area contributed by atoms with Crippen LogP contribution in [-0.4, -0.2) is 54.9 Å². The van der Waals surface area contributed by atoms with Gasteiger partial charge in [-0.15, -0.1) is 0 Å². The van der Waals surface area contributed by atoms with Gasteiger partial charge in [-0.2, -0.15) is 0 Å². The number of carbonyl (C=O) groups excluding carboxylic acids is 1. The fraction of sp³-hybridized carbons (Fsp3) is 0.714. The van der Waals surface area contributed by atoms with Gasteiger partial charge in [-0.05, 0) is 12.8 Å². The van der Waals surface area contributed by atoms with Gasteiger partial charge in [-0.25, -0.2) is 0 Å². The van der Waals surface area contributed by atoms with Crippen LogP contribution >= 0.6 is 0 Å². The Labute approximate surface area is 119 Å². The summed E-state index contributed by atoms with van der Waals surface area (Å²) in [6.45, 7) is 10.3. The first-order valence-corrected chi connectivity index (χ1v) is 7.10. The molecule has 1 aromatic rings. The predicted molar refractivity (Wildman–Crippen MR) is 74.6 cm³/mol. The normalized spacial score (nSPS) is 20.3. The zero-order chi connectivity index (χ0) is 14.5. The average Bonchev–Trinajstić information content (AvgIpc) is 2.82. The lowest BCUT2D eigenvalue weighted by Crippen LogP contribution is -2.48. The van der Waals surface area contributed by atoms with E-state index in [0.717, 1.165) is 26.2 Å². The maximum absolute atomic E-state index is 11.9. The van der Waals surface area contributed by atoms with Crippen LogP contribution in [0, 0.1) is 12.8 Å². The number of hydrogen-bond acceptors (Lipinski definition) is 5. The fourth-order valence-electron chi connectivity index (χ4n) is 2.36. The second-order valence-electron chi connectivity index (χ2n) is 5.68. The monoisotopic (exact) mass is 281 g/mol. The number of nitrogens with zero attached hydrogens (tertiary/aromatic N) is 2. The quantitative estimate of drug-likeness (QED) is 0.874. The summed E-state index contributed by atoms with van der Waals surface area (Å²) in [5.74, 6) is 1.06. The van der Waals surface area contributed by atoms with E-state index in [1.807, 2.05) is 0 Å². The smallest absolute Gasteiger partial charge is 0.273 e. The number of aromatic nitrogens is 1. The van der Waals surface area contributed by atoms with E-state index in [1.54, 1.807) is 13.0 Å². The van der Waals surface area contributed by atoms with Crippen LogP contribution in [0.5, 0.6) is 0 Å². The Bertz CT molecular complexity index is 445. The zero-order valence-electron chi connectivity index (χ0n) is 12.4. The zero-order valence-corrected chi connectivity index (χ0v) is 12.4. The Hall–Kier alpha value is -1.40. The molecule has 1 amide bonds. The van der Waals surface area contributed by atoms with E-state index in [0.29, 0.717) is 23.9 Å². The molecule has 0 aliphatic carbocycles. The van der Waals surface area contributed by atoms with Gasteiger partial charge >= 0.3 is 0 Å². The Morgan fingerprint density at radius 3 is 3.05 bits per heavy atom. The van der Waals surface area contributed by atoms with Crippen LogP contribution in [0.1, 0.15) is 30.1 Å². The summed E-state index contributed by atoms with van der Waals surface area (Å²) in [7, 11) is 0. The summed E-state index contributed by atoms with van der Waals surface area (Å²) >= 11 is 0. The van der Waals surface area contributed by atoms with Gasteiger partial charge in [0.05, 0.1) is 12.7 Å². The molecule has 1 aliphatic rings. The molecular formula is C14H23N3O3. The van der Waals surface area contributed by atoms with Crippen molar-refractivity contribution in [1.82, 2.24) is 15.4 Å². The van der Waals surface area contributed by atoms with Crippen LogP contribution in [-0.2, 0) is 4.74 Å². The number of aryl methyl sites for hydroxylation is 1. The lowest BCUT2D eigenvalue weighted by Gasteiger charge is -2.33. The van der Waals surface area contributed by atoms with Gasteiger partial charge in [0.15, 0.2) is 5.69 Å². The molecule has 1 unspecified atom stereocenters. The fourth-order valence-corrected chi connectivity index (χ4v) is 2.36. The molecule has 0 radical (unpaired) electrons. The van der Waals surface area contributed by atoms with Crippen molar-refractivity contribution in [3.63, 3.8) is 0 Å². The highest BCUT2D eigenvalue weighted by molar-refractivity contribution is 5.92. The van der Waals surface area contributed by atoms with Crippen LogP contribution in [0.25, 0.3) is 0 Å². The summed E-state index contributed by atoms with van der Waals surface area (Å²) in [4.78, 5) is 14.2. The standard InChI is InChI=1S/C14H23N3O3/c1-10(2)8-17-4-5-19-12(9-17)7-15-14(18)13-6-11(3)20-16-13/h6,10,12H,4-5,7-9H2,1-3H3,(H,15,18). The van der Waals surface area contributed by atoms with Gasteiger partial charge in [0.25, 0.3) is 5.91 Å². The summed E-state index contributed by atoms with van der Waals surface area (Å²) in [5.41, 5.74) is 0.317. The third-order valence-electron chi connectivity index (χ3n) is 3.20. The molecule has 20 heavy (non-hydrogen) atoms. The number of carbonyl (C=O) groups is 1. The molecule has 2 rings (SSSR count). The molecule has 1 fully saturated rings. The highest BCUT2D eigenvalue weighted by Crippen LogP contribution is 2.08. The predicted octanol–water partition coefficient (Wildman–Crippen LogP) is 1.07. The Balaban J connectivity index is 1.77. The third kappa shape index (κ3) is 4.31. The van der Waals surface area contributed by atoms with Crippen LogP contribution < -0.4 is 5.32 Å². The number of nitrogens with one attached hydrogen (secondary N) is 1. The van der Waals surface area contributed by atoms with Crippen LogP contribution in [0.2, 0.25) is 0 Å². The Kier molecular flexibility index (Phi) is 5.14. The molecule has 6 nitrogen and oxygen atoms in total. The molecule has 6 heteroatoms. The van der Waals surface area contributed by atoms with E-state index >= 15 is 0 Å². The van der Waals surface area contributed by atoms with E-state index < -0.39 is 0 Å². The van der Waals surface area contributed by atoms with E-state index in [1.165, 1.54) is 0 Å². The van der Waals surface area contributed by atoms with Gasteiger partial charge in [-0.1, -0.05) is 19.0 Å². The lowest BCUT2D eigenvalue weighted by molar-refractivity contribution is -0.0296. The first-order chi connectivity index (χ1) is 9.54. The van der Waals surface area contributed by atoms with E-state index in [-0.39, 0.29) is 12.0 Å². The molecule has 1 aromatic heterocycles. The molecule has 112 valence electrons. The van der Waals surface area contributed by atoms with Crippen LogP contribution in [0.4, 0.5) is 0 Å². The number of rotatable bonds is 5. The minimum Gasteiger partial charge on any atom is -0.374 e. The molecule has 2 heterocycles. The Morgan fingerprint density at radius 2 is 2.40 bits per heavy atom. The first-order valence-electron chi connectivity index (χ1n) is 7.10. The summed E-state index contributed by atoms with van der Waals surface area (Å²) in [5, 5.41) is 6.54. The molecule has 0 aromatic carbocycles. The summed E-state index contributed by atoms with van der Waals surface area (Å²) in [6.07, 6.45) is 0.0412. The van der Waals surface area contributed by atoms with Crippen molar-refractivity contribution in [2.24, 2.45) is 5.92 Å². The van der Waals surface area contributed by atoms with Crippen molar-refractivity contribution in [2.75, 3.05) is 32.8 Å². The van der Waals surface area contributed by atoms with Gasteiger partial charge in [0.1, 0.15) is 5.76 Å². The molecule has 0 spiro atoms. The summed E-state index contributed by atoms with van der Waals surface area (Å²) in [6, 6.07) is 1.63. The van der Waals surface area contributed by atoms with Gasteiger partial charge in [0.2, 0.25) is 0 Å². The van der Waals surface area contributed by atoms with Crippen LogP contribution in [0.15, 0.2) is 10.6 Å². The SMILES string of the molecule is Cc1cc(C(=O)NCC2CN(CC(C)C)CCO2)no1. The van der Waals surface area contributed by atoms with Crippen molar-refractivity contribution < 1.29 is 14.1 Å². The molecule has 0 saturated carbocycles. The summed E-state index contributed by atoms with van der Waals surface area (Å²) < 4.78 is 10.6. The minimum absolute atomic E-state index is 0.0412. The minimum atomic E-state index is -0.216. The van der Waals surface area contributed by atoms with Crippen LogP contribution in [0.3, 0.4) is 0 Å². The molecule has 0 bridgehead atoms. The molecule has 1 saturated heterocycles. The maximum Gasteiger partial charge on any atom is 0.273 e. The second-order valence-corrected chi connectivity index (χ2v) is 5.68. The van der Waals surface area contributed by atoms with Crippen molar-refractivity contribution >= 4 is 5.91 Å². The number of hydrogen-bond donors (Lipinski definition) is 1. The lowest BCUT2D eigenvalue weighted by atomic mass is 10.2. The molecule has 1 aliphatic heterocycles. The maximum atomic E-state index is 11.9. The largest absolute Gasteiger partial charge is 0.374 e. The van der Waals surface area contributed by atoms with Gasteiger partial charge < -0.3 is 14.6 Å². The average molecular weight is 281 g/mol. The van der Waals surface area contributed by atoms with Crippen molar-refractivity contribution in [3.8, 4) is 0 Å². The Morgan fingerprint density at radius 1 is 1.60 bits per heavy atom. The van der Waals surface area contributed by atoms with Crippen molar-refractivity contribution in [2.45, 2.75) is 26.9 Å². The second kappa shape index (κ2) is 6.85. The third-order valence-corrected chi connectivity index (χ3v) is 3.20. The van der Waals surface area contributed by atoms with E-state index in [9.17, 15) is 4.79 Å². The van der Waals surface area contributed by atoms with Crippen molar-refractivity contribution in [3.05, 3.63) is 17.5 Å². The number of ether oxygens (including phenoxy) is 1. The first kappa shape index (κ1) is 15.0. The van der Waals surface area contributed by atoms with E-state index in [2.05, 4.69) is 29.2 Å². The van der Waals surface area contributed by atoms with Gasteiger partial charge in [-0.3, -0.25) is 9.69 Å². The number of amides is 1. The highest BCUT2D eigenvalue weighted by atomic mass is 16.5. The van der Waals surface area contributed by atoms with Gasteiger partial charge in [0, 0.05) is 32.2 Å². The molecular weight excluding hydrogens is 258 g/mol. The topological polar surface area (TPSA) is 67.6 Å². The number of morpholine rings is 1. The van der Waals surface area contributed by atoms with Crippen molar-refractivity contribution in [1.29, 1.82) is 0 Å².